The highest BCUT2D eigenvalue weighted by Gasteiger charge is 2.32. The van der Waals surface area contributed by atoms with E-state index >= 15 is 0 Å². The van der Waals surface area contributed by atoms with Crippen molar-refractivity contribution < 1.29 is 4.74 Å². The van der Waals surface area contributed by atoms with E-state index < -0.39 is 0 Å². The monoisotopic (exact) mass is 239 g/mol. The third kappa shape index (κ3) is 4.59. The molecule has 2 fully saturated rings. The van der Waals surface area contributed by atoms with Crippen molar-refractivity contribution in [2.75, 3.05) is 26.3 Å². The lowest BCUT2D eigenvalue weighted by Gasteiger charge is -2.37. The number of hydrogen-bond acceptors (Lipinski definition) is 2. The summed E-state index contributed by atoms with van der Waals surface area (Å²) in [4.78, 5) is 0. The average Bonchev–Trinajstić information content (AvgIpc) is 3.15. The Morgan fingerprint density at radius 2 is 1.94 bits per heavy atom. The SMILES string of the molecule is CCCNCC1(COCC2CC2)CCCCC1. The average molecular weight is 239 g/mol. The van der Waals surface area contributed by atoms with Crippen LogP contribution in [0.4, 0.5) is 0 Å². The third-order valence-electron chi connectivity index (χ3n) is 4.30. The molecule has 2 nitrogen and oxygen atoms in total. The minimum atomic E-state index is 0.461. The summed E-state index contributed by atoms with van der Waals surface area (Å²) in [5.74, 6) is 0.902. The lowest BCUT2D eigenvalue weighted by atomic mass is 9.74. The lowest BCUT2D eigenvalue weighted by Crippen LogP contribution is -2.40. The Hall–Kier alpha value is -0.0800. The molecule has 0 aromatic rings. The number of hydrogen-bond donors (Lipinski definition) is 1. The first-order valence-corrected chi connectivity index (χ1v) is 7.63. The molecule has 2 rings (SSSR count). The molecule has 100 valence electrons. The summed E-state index contributed by atoms with van der Waals surface area (Å²) < 4.78 is 5.99. The first-order chi connectivity index (χ1) is 8.35. The molecule has 2 heteroatoms. The van der Waals surface area contributed by atoms with Gasteiger partial charge in [0.2, 0.25) is 0 Å². The van der Waals surface area contributed by atoms with Crippen LogP contribution in [0, 0.1) is 11.3 Å². The molecule has 0 amide bonds. The molecule has 0 spiro atoms. The fourth-order valence-corrected chi connectivity index (χ4v) is 2.93. The Labute approximate surface area is 107 Å². The van der Waals surface area contributed by atoms with Gasteiger partial charge in [-0.3, -0.25) is 0 Å². The molecular weight excluding hydrogens is 210 g/mol. The normalized spacial score (nSPS) is 23.8. The summed E-state index contributed by atoms with van der Waals surface area (Å²) in [5, 5.41) is 3.62. The highest BCUT2D eigenvalue weighted by Crippen LogP contribution is 2.37. The molecular formula is C15H29NO. The quantitative estimate of drug-likeness (QED) is 0.656. The van der Waals surface area contributed by atoms with Gasteiger partial charge in [-0.2, -0.15) is 0 Å². The van der Waals surface area contributed by atoms with Gasteiger partial charge >= 0.3 is 0 Å². The van der Waals surface area contributed by atoms with E-state index in [-0.39, 0.29) is 0 Å². The van der Waals surface area contributed by atoms with Crippen LogP contribution in [-0.4, -0.2) is 26.3 Å². The van der Waals surface area contributed by atoms with Crippen molar-refractivity contribution in [3.05, 3.63) is 0 Å². The summed E-state index contributed by atoms with van der Waals surface area (Å²) in [5.41, 5.74) is 0.461. The molecule has 1 N–H and O–H groups in total. The highest BCUT2D eigenvalue weighted by atomic mass is 16.5. The van der Waals surface area contributed by atoms with Crippen LogP contribution in [0.25, 0.3) is 0 Å². The van der Waals surface area contributed by atoms with Crippen molar-refractivity contribution in [1.82, 2.24) is 5.32 Å². The van der Waals surface area contributed by atoms with Crippen LogP contribution in [0.15, 0.2) is 0 Å². The summed E-state index contributed by atoms with van der Waals surface area (Å²) >= 11 is 0. The minimum Gasteiger partial charge on any atom is -0.381 e. The van der Waals surface area contributed by atoms with E-state index in [9.17, 15) is 0 Å². The van der Waals surface area contributed by atoms with Crippen molar-refractivity contribution in [2.24, 2.45) is 11.3 Å². The van der Waals surface area contributed by atoms with Gasteiger partial charge in [-0.25, -0.2) is 0 Å². The van der Waals surface area contributed by atoms with Gasteiger partial charge < -0.3 is 10.1 Å². The zero-order chi connectivity index (χ0) is 12.0. The second-order valence-corrected chi connectivity index (χ2v) is 6.20. The molecule has 0 radical (unpaired) electrons. The van der Waals surface area contributed by atoms with Crippen LogP contribution in [0.5, 0.6) is 0 Å². The molecule has 0 saturated heterocycles. The Kier molecular flexibility index (Phi) is 5.30. The maximum Gasteiger partial charge on any atom is 0.0534 e. The molecule has 2 saturated carbocycles. The summed E-state index contributed by atoms with van der Waals surface area (Å²) in [6.45, 7) is 6.59. The second-order valence-electron chi connectivity index (χ2n) is 6.20. The molecule has 2 aliphatic carbocycles. The van der Waals surface area contributed by atoms with E-state index in [2.05, 4.69) is 12.2 Å². The van der Waals surface area contributed by atoms with E-state index in [1.165, 1.54) is 57.9 Å². The predicted molar refractivity (Wildman–Crippen MR) is 72.2 cm³/mol. The standard InChI is InChI=1S/C15H29NO/c1-2-10-16-12-15(8-4-3-5-9-15)13-17-11-14-6-7-14/h14,16H,2-13H2,1H3. The largest absolute Gasteiger partial charge is 0.381 e. The molecule has 0 aliphatic heterocycles. The second kappa shape index (κ2) is 6.75. The van der Waals surface area contributed by atoms with Crippen LogP contribution in [0.1, 0.15) is 58.3 Å². The van der Waals surface area contributed by atoms with Gasteiger partial charge in [-0.05, 0) is 44.6 Å². The molecule has 0 aromatic carbocycles. The van der Waals surface area contributed by atoms with Crippen LogP contribution in [0.3, 0.4) is 0 Å². The van der Waals surface area contributed by atoms with Gasteiger partial charge in [0, 0.05) is 18.6 Å². The maximum absolute atomic E-state index is 5.99. The predicted octanol–water partition coefficient (Wildman–Crippen LogP) is 3.36. The Morgan fingerprint density at radius 1 is 1.18 bits per heavy atom. The molecule has 0 heterocycles. The van der Waals surface area contributed by atoms with E-state index in [1.807, 2.05) is 0 Å². The van der Waals surface area contributed by atoms with Gasteiger partial charge in [0.05, 0.1) is 6.61 Å². The number of rotatable bonds is 8. The van der Waals surface area contributed by atoms with E-state index in [0.29, 0.717) is 5.41 Å². The fourth-order valence-electron chi connectivity index (χ4n) is 2.93. The van der Waals surface area contributed by atoms with E-state index in [0.717, 1.165) is 25.7 Å². The zero-order valence-electron chi connectivity index (χ0n) is 11.5. The van der Waals surface area contributed by atoms with Crippen molar-refractivity contribution >= 4 is 0 Å². The first kappa shape index (κ1) is 13.4. The van der Waals surface area contributed by atoms with Crippen LogP contribution in [-0.2, 0) is 4.74 Å². The van der Waals surface area contributed by atoms with Gasteiger partial charge in [0.15, 0.2) is 0 Å². The molecule has 0 unspecified atom stereocenters. The molecule has 0 aromatic heterocycles. The van der Waals surface area contributed by atoms with Crippen LogP contribution >= 0.6 is 0 Å². The molecule has 2 aliphatic rings. The fraction of sp³-hybridized carbons (Fsp3) is 1.00. The van der Waals surface area contributed by atoms with Gasteiger partial charge in [-0.1, -0.05) is 26.2 Å². The smallest absolute Gasteiger partial charge is 0.0534 e. The Bertz CT molecular complexity index is 207. The number of nitrogens with one attached hydrogen (secondary N) is 1. The summed E-state index contributed by atoms with van der Waals surface area (Å²) in [6.07, 6.45) is 11.0. The van der Waals surface area contributed by atoms with Crippen molar-refractivity contribution in [3.8, 4) is 0 Å². The topological polar surface area (TPSA) is 21.3 Å². The maximum atomic E-state index is 5.99. The Morgan fingerprint density at radius 3 is 2.59 bits per heavy atom. The van der Waals surface area contributed by atoms with Gasteiger partial charge in [-0.15, -0.1) is 0 Å². The van der Waals surface area contributed by atoms with E-state index in [1.54, 1.807) is 0 Å². The highest BCUT2D eigenvalue weighted by molar-refractivity contribution is 4.85. The Balaban J connectivity index is 1.72. The van der Waals surface area contributed by atoms with Crippen molar-refractivity contribution in [3.63, 3.8) is 0 Å². The lowest BCUT2D eigenvalue weighted by molar-refractivity contribution is 0.0156. The van der Waals surface area contributed by atoms with Gasteiger partial charge in [0.1, 0.15) is 0 Å². The molecule has 17 heavy (non-hydrogen) atoms. The third-order valence-corrected chi connectivity index (χ3v) is 4.30. The summed E-state index contributed by atoms with van der Waals surface area (Å²) in [7, 11) is 0. The van der Waals surface area contributed by atoms with E-state index in [4.69, 9.17) is 4.74 Å². The van der Waals surface area contributed by atoms with Gasteiger partial charge in [0.25, 0.3) is 0 Å². The number of ether oxygens (including phenoxy) is 1. The van der Waals surface area contributed by atoms with Crippen LogP contribution in [0.2, 0.25) is 0 Å². The molecule has 0 bridgehead atoms. The van der Waals surface area contributed by atoms with Crippen molar-refractivity contribution in [1.29, 1.82) is 0 Å². The van der Waals surface area contributed by atoms with Crippen molar-refractivity contribution in [2.45, 2.75) is 58.3 Å². The first-order valence-electron chi connectivity index (χ1n) is 7.63. The summed E-state index contributed by atoms with van der Waals surface area (Å²) in [6, 6.07) is 0. The zero-order valence-corrected chi connectivity index (χ0v) is 11.5. The molecule has 0 atom stereocenters. The van der Waals surface area contributed by atoms with Crippen LogP contribution < -0.4 is 5.32 Å². The minimum absolute atomic E-state index is 0.461.